The second-order valence-electron chi connectivity index (χ2n) is 7.61. The van der Waals surface area contributed by atoms with Gasteiger partial charge in [0.1, 0.15) is 5.82 Å². The molecule has 6 heteroatoms. The van der Waals surface area contributed by atoms with Gasteiger partial charge in [-0.25, -0.2) is 14.4 Å². The molecule has 1 atom stereocenters. The molecule has 1 aliphatic rings. The molecule has 4 rings (SSSR count). The minimum absolute atomic E-state index is 0.0281. The number of nitrogens with one attached hydrogen (secondary N) is 1. The fourth-order valence-electron chi connectivity index (χ4n) is 3.74. The van der Waals surface area contributed by atoms with E-state index in [1.54, 1.807) is 18.5 Å². The van der Waals surface area contributed by atoms with Gasteiger partial charge in [-0.15, -0.1) is 0 Å². The van der Waals surface area contributed by atoms with Gasteiger partial charge in [-0.3, -0.25) is 4.79 Å². The number of carbonyl (C=O) groups excluding carboxylic acids is 1. The molecule has 0 aliphatic carbocycles. The van der Waals surface area contributed by atoms with Crippen LogP contribution in [0.3, 0.4) is 0 Å². The first kappa shape index (κ1) is 20.0. The lowest BCUT2D eigenvalue weighted by Gasteiger charge is -2.32. The summed E-state index contributed by atoms with van der Waals surface area (Å²) in [4.78, 5) is 23.7. The number of carbonyl (C=O) groups is 1. The summed E-state index contributed by atoms with van der Waals surface area (Å²) >= 11 is 0. The summed E-state index contributed by atoms with van der Waals surface area (Å²) in [6, 6.07) is 14.4. The SMILES string of the molecule is CCc1ccc(NC(=O)[C@H]2CCCN(c3ncc(-c4cccc(F)c4)cn3)C2)cc1. The van der Waals surface area contributed by atoms with Crippen molar-refractivity contribution in [2.24, 2.45) is 5.92 Å². The minimum Gasteiger partial charge on any atom is -0.340 e. The van der Waals surface area contributed by atoms with Gasteiger partial charge in [-0.1, -0.05) is 31.2 Å². The lowest BCUT2D eigenvalue weighted by atomic mass is 9.97. The summed E-state index contributed by atoms with van der Waals surface area (Å²) in [5.74, 6) is 0.224. The molecule has 154 valence electrons. The van der Waals surface area contributed by atoms with Crippen molar-refractivity contribution in [2.45, 2.75) is 26.2 Å². The number of halogens is 1. The molecule has 1 aromatic heterocycles. The van der Waals surface area contributed by atoms with Crippen molar-refractivity contribution in [1.29, 1.82) is 0 Å². The van der Waals surface area contributed by atoms with Crippen LogP contribution in [0.1, 0.15) is 25.3 Å². The number of hydrogen-bond acceptors (Lipinski definition) is 4. The molecule has 1 saturated heterocycles. The van der Waals surface area contributed by atoms with Gasteiger partial charge in [0.05, 0.1) is 5.92 Å². The van der Waals surface area contributed by atoms with Gasteiger partial charge in [-0.05, 0) is 54.7 Å². The predicted octanol–water partition coefficient (Wildman–Crippen LogP) is 4.70. The van der Waals surface area contributed by atoms with E-state index in [-0.39, 0.29) is 17.6 Å². The van der Waals surface area contributed by atoms with E-state index >= 15 is 0 Å². The Hall–Kier alpha value is -3.28. The Balaban J connectivity index is 1.41. The molecule has 1 amide bonds. The number of aryl methyl sites for hydroxylation is 1. The van der Waals surface area contributed by atoms with Gasteiger partial charge in [-0.2, -0.15) is 0 Å². The topological polar surface area (TPSA) is 58.1 Å². The maximum Gasteiger partial charge on any atom is 0.229 e. The third-order valence-electron chi connectivity index (χ3n) is 5.50. The molecule has 3 aromatic rings. The molecule has 0 bridgehead atoms. The van der Waals surface area contributed by atoms with Gasteiger partial charge in [0, 0.05) is 36.7 Å². The van der Waals surface area contributed by atoms with Crippen molar-refractivity contribution in [3.63, 3.8) is 0 Å². The predicted molar refractivity (Wildman–Crippen MR) is 117 cm³/mol. The highest BCUT2D eigenvalue weighted by Gasteiger charge is 2.27. The van der Waals surface area contributed by atoms with Crippen molar-refractivity contribution in [2.75, 3.05) is 23.3 Å². The Morgan fingerprint density at radius 2 is 1.90 bits per heavy atom. The van der Waals surface area contributed by atoms with Crippen molar-refractivity contribution in [1.82, 2.24) is 9.97 Å². The highest BCUT2D eigenvalue weighted by atomic mass is 19.1. The fourth-order valence-corrected chi connectivity index (χ4v) is 3.74. The van der Waals surface area contributed by atoms with Crippen LogP contribution in [0.25, 0.3) is 11.1 Å². The van der Waals surface area contributed by atoms with Crippen molar-refractivity contribution in [3.8, 4) is 11.1 Å². The molecule has 2 heterocycles. The van der Waals surface area contributed by atoms with Gasteiger partial charge >= 0.3 is 0 Å². The standard InChI is InChI=1S/C24H25FN4O/c1-2-17-8-10-22(11-9-17)28-23(30)19-6-4-12-29(16-19)24-26-14-20(15-27-24)18-5-3-7-21(25)13-18/h3,5,7-11,13-15,19H,2,4,6,12,16H2,1H3,(H,28,30)/t19-/m0/s1. The van der Waals surface area contributed by atoms with E-state index in [0.29, 0.717) is 12.5 Å². The second kappa shape index (κ2) is 9.03. The highest BCUT2D eigenvalue weighted by molar-refractivity contribution is 5.93. The average molecular weight is 404 g/mol. The van der Waals surface area contributed by atoms with Crippen LogP contribution in [-0.2, 0) is 11.2 Å². The van der Waals surface area contributed by atoms with Crippen LogP contribution >= 0.6 is 0 Å². The number of anilines is 2. The molecule has 1 fully saturated rings. The zero-order valence-corrected chi connectivity index (χ0v) is 17.0. The van der Waals surface area contributed by atoms with Gasteiger partial charge in [0.2, 0.25) is 11.9 Å². The Morgan fingerprint density at radius 3 is 2.60 bits per heavy atom. The van der Waals surface area contributed by atoms with E-state index in [0.717, 1.165) is 42.6 Å². The van der Waals surface area contributed by atoms with Crippen LogP contribution in [0.5, 0.6) is 0 Å². The van der Waals surface area contributed by atoms with Crippen LogP contribution in [-0.4, -0.2) is 29.0 Å². The molecule has 0 radical (unpaired) electrons. The summed E-state index contributed by atoms with van der Waals surface area (Å²) in [5, 5.41) is 3.03. The molecule has 0 spiro atoms. The number of hydrogen-bond donors (Lipinski definition) is 1. The maximum absolute atomic E-state index is 13.4. The van der Waals surface area contributed by atoms with E-state index in [9.17, 15) is 9.18 Å². The first-order valence-electron chi connectivity index (χ1n) is 10.3. The Labute approximate surface area is 176 Å². The Morgan fingerprint density at radius 1 is 1.13 bits per heavy atom. The van der Waals surface area contributed by atoms with Crippen molar-refractivity contribution in [3.05, 3.63) is 72.3 Å². The quantitative estimate of drug-likeness (QED) is 0.670. The monoisotopic (exact) mass is 404 g/mol. The normalized spacial score (nSPS) is 16.3. The van der Waals surface area contributed by atoms with Crippen LogP contribution in [0.15, 0.2) is 60.9 Å². The Kier molecular flexibility index (Phi) is 6.02. The van der Waals surface area contributed by atoms with E-state index < -0.39 is 0 Å². The smallest absolute Gasteiger partial charge is 0.229 e. The number of aromatic nitrogens is 2. The number of rotatable bonds is 5. The van der Waals surface area contributed by atoms with Crippen molar-refractivity contribution >= 4 is 17.5 Å². The molecule has 0 unspecified atom stereocenters. The van der Waals surface area contributed by atoms with E-state index in [4.69, 9.17) is 0 Å². The fraction of sp³-hybridized carbons (Fsp3) is 0.292. The number of piperidine rings is 1. The van der Waals surface area contributed by atoms with Crippen molar-refractivity contribution < 1.29 is 9.18 Å². The van der Waals surface area contributed by atoms with Crippen LogP contribution in [0.2, 0.25) is 0 Å². The molecule has 1 aliphatic heterocycles. The third-order valence-corrected chi connectivity index (χ3v) is 5.50. The molecule has 5 nitrogen and oxygen atoms in total. The summed E-state index contributed by atoms with van der Waals surface area (Å²) in [6.45, 7) is 3.50. The highest BCUT2D eigenvalue weighted by Crippen LogP contribution is 2.24. The molecule has 30 heavy (non-hydrogen) atoms. The first-order chi connectivity index (χ1) is 14.6. The largest absolute Gasteiger partial charge is 0.340 e. The second-order valence-corrected chi connectivity index (χ2v) is 7.61. The van der Waals surface area contributed by atoms with Crippen LogP contribution in [0, 0.1) is 11.7 Å². The number of amides is 1. The van der Waals surface area contributed by atoms with Crippen LogP contribution < -0.4 is 10.2 Å². The van der Waals surface area contributed by atoms with E-state index in [1.807, 2.05) is 35.2 Å². The summed E-state index contributed by atoms with van der Waals surface area (Å²) < 4.78 is 13.4. The van der Waals surface area contributed by atoms with Crippen LogP contribution in [0.4, 0.5) is 16.0 Å². The lowest BCUT2D eigenvalue weighted by molar-refractivity contribution is -0.120. The first-order valence-corrected chi connectivity index (χ1v) is 10.3. The third kappa shape index (κ3) is 4.64. The summed E-state index contributed by atoms with van der Waals surface area (Å²) in [6.07, 6.45) is 6.13. The average Bonchev–Trinajstić information content (AvgIpc) is 2.80. The van der Waals surface area contributed by atoms with Gasteiger partial charge < -0.3 is 10.2 Å². The molecule has 2 aromatic carbocycles. The summed E-state index contributed by atoms with van der Waals surface area (Å²) in [5.41, 5.74) is 3.58. The molecular formula is C24H25FN4O. The molecule has 1 N–H and O–H groups in total. The molecular weight excluding hydrogens is 379 g/mol. The molecule has 0 saturated carbocycles. The van der Waals surface area contributed by atoms with E-state index in [2.05, 4.69) is 22.2 Å². The van der Waals surface area contributed by atoms with Gasteiger partial charge in [0.25, 0.3) is 0 Å². The van der Waals surface area contributed by atoms with Gasteiger partial charge in [0.15, 0.2) is 0 Å². The zero-order chi connectivity index (χ0) is 20.9. The number of benzene rings is 2. The maximum atomic E-state index is 13.4. The summed E-state index contributed by atoms with van der Waals surface area (Å²) in [7, 11) is 0. The number of nitrogens with zero attached hydrogens (tertiary/aromatic N) is 3. The zero-order valence-electron chi connectivity index (χ0n) is 17.0. The minimum atomic E-state index is -0.286. The Bertz CT molecular complexity index is 1000. The lowest BCUT2D eigenvalue weighted by Crippen LogP contribution is -2.41. The van der Waals surface area contributed by atoms with E-state index in [1.165, 1.54) is 17.7 Å².